The van der Waals surface area contributed by atoms with E-state index in [1.54, 1.807) is 0 Å². The third-order valence-electron chi connectivity index (χ3n) is 2.60. The van der Waals surface area contributed by atoms with Gasteiger partial charge in [-0.15, -0.1) is 0 Å². The van der Waals surface area contributed by atoms with E-state index in [1.807, 2.05) is 42.5 Å². The summed E-state index contributed by atoms with van der Waals surface area (Å²) in [5, 5.41) is 10.9. The molecule has 0 saturated carbocycles. The van der Waals surface area contributed by atoms with Gasteiger partial charge >= 0.3 is 5.97 Å². The Bertz CT molecular complexity index is 522. The molecular weight excluding hydrogens is 202 g/mol. The minimum Gasteiger partial charge on any atom is -0.481 e. The van der Waals surface area contributed by atoms with Crippen molar-refractivity contribution in [1.82, 2.24) is 0 Å². The molecule has 16 heavy (non-hydrogen) atoms. The number of benzene rings is 2. The summed E-state index contributed by atoms with van der Waals surface area (Å²) in [6, 6.07) is 13.3. The number of carboxylic acids is 1. The Morgan fingerprint density at radius 1 is 1.19 bits per heavy atom. The van der Waals surface area contributed by atoms with Gasteiger partial charge in [-0.05, 0) is 22.4 Å². The van der Waals surface area contributed by atoms with Crippen molar-refractivity contribution in [2.24, 2.45) is 5.73 Å². The standard InChI is InChI=1S/C13H13NO2/c14-12(8-13(15)16)11-6-5-9-3-1-2-4-10(9)7-11/h1-7,12H,8,14H2,(H,15,16)/t12-/m1/s1. The largest absolute Gasteiger partial charge is 0.481 e. The van der Waals surface area contributed by atoms with E-state index in [9.17, 15) is 4.79 Å². The fourth-order valence-electron chi connectivity index (χ4n) is 1.74. The zero-order chi connectivity index (χ0) is 11.5. The lowest BCUT2D eigenvalue weighted by Gasteiger charge is -2.10. The Morgan fingerprint density at radius 2 is 1.88 bits per heavy atom. The number of carbonyl (C=O) groups is 1. The van der Waals surface area contributed by atoms with E-state index in [1.165, 1.54) is 0 Å². The molecule has 0 heterocycles. The zero-order valence-electron chi connectivity index (χ0n) is 8.76. The van der Waals surface area contributed by atoms with E-state index in [-0.39, 0.29) is 6.42 Å². The van der Waals surface area contributed by atoms with Gasteiger partial charge in [0.1, 0.15) is 0 Å². The Balaban J connectivity index is 2.35. The van der Waals surface area contributed by atoms with E-state index < -0.39 is 12.0 Å². The Kier molecular flexibility index (Phi) is 2.88. The maximum absolute atomic E-state index is 10.6. The first-order valence-electron chi connectivity index (χ1n) is 5.13. The summed E-state index contributed by atoms with van der Waals surface area (Å²) < 4.78 is 0. The number of rotatable bonds is 3. The first kappa shape index (κ1) is 10.6. The monoisotopic (exact) mass is 215 g/mol. The average molecular weight is 215 g/mol. The van der Waals surface area contributed by atoms with Crippen LogP contribution in [-0.4, -0.2) is 11.1 Å². The molecule has 82 valence electrons. The van der Waals surface area contributed by atoms with Crippen LogP contribution in [0.2, 0.25) is 0 Å². The Morgan fingerprint density at radius 3 is 2.56 bits per heavy atom. The molecule has 0 aliphatic rings. The van der Waals surface area contributed by atoms with Crippen LogP contribution in [0.25, 0.3) is 10.8 Å². The van der Waals surface area contributed by atoms with Crippen molar-refractivity contribution in [3.05, 3.63) is 48.0 Å². The summed E-state index contributed by atoms with van der Waals surface area (Å²) in [7, 11) is 0. The minimum absolute atomic E-state index is 0.0433. The molecule has 0 spiro atoms. The van der Waals surface area contributed by atoms with Crippen LogP contribution in [0.3, 0.4) is 0 Å². The molecule has 0 aliphatic heterocycles. The van der Waals surface area contributed by atoms with Crippen molar-refractivity contribution >= 4 is 16.7 Å². The van der Waals surface area contributed by atoms with Crippen molar-refractivity contribution in [3.63, 3.8) is 0 Å². The molecule has 2 aromatic rings. The molecule has 0 radical (unpaired) electrons. The number of carboxylic acid groups (broad SMARTS) is 1. The number of hydrogen-bond donors (Lipinski definition) is 2. The third kappa shape index (κ3) is 2.20. The highest BCUT2D eigenvalue weighted by Gasteiger charge is 2.10. The van der Waals surface area contributed by atoms with Gasteiger partial charge in [-0.25, -0.2) is 0 Å². The van der Waals surface area contributed by atoms with E-state index in [0.29, 0.717) is 0 Å². The number of aliphatic carboxylic acids is 1. The molecule has 0 aliphatic carbocycles. The lowest BCUT2D eigenvalue weighted by molar-refractivity contribution is -0.137. The molecule has 2 aromatic carbocycles. The maximum atomic E-state index is 10.6. The molecule has 0 fully saturated rings. The molecular formula is C13H13NO2. The second-order valence-corrected chi connectivity index (χ2v) is 3.81. The van der Waals surface area contributed by atoms with Crippen molar-refractivity contribution < 1.29 is 9.90 Å². The first-order chi connectivity index (χ1) is 7.66. The maximum Gasteiger partial charge on any atom is 0.305 e. The van der Waals surface area contributed by atoms with Gasteiger partial charge in [0.2, 0.25) is 0 Å². The van der Waals surface area contributed by atoms with Crippen LogP contribution in [0.4, 0.5) is 0 Å². The predicted octanol–water partition coefficient (Wildman–Crippen LogP) is 2.31. The fraction of sp³-hybridized carbons (Fsp3) is 0.154. The predicted molar refractivity (Wildman–Crippen MR) is 63.1 cm³/mol. The van der Waals surface area contributed by atoms with Crippen molar-refractivity contribution in [2.45, 2.75) is 12.5 Å². The SMILES string of the molecule is N[C@H](CC(=O)O)c1ccc2ccccc2c1. The molecule has 2 rings (SSSR count). The van der Waals surface area contributed by atoms with E-state index in [4.69, 9.17) is 10.8 Å². The summed E-state index contributed by atoms with van der Waals surface area (Å²) in [6.45, 7) is 0. The average Bonchev–Trinajstić information content (AvgIpc) is 2.27. The zero-order valence-corrected chi connectivity index (χ0v) is 8.76. The highest BCUT2D eigenvalue weighted by Crippen LogP contribution is 2.20. The fourth-order valence-corrected chi connectivity index (χ4v) is 1.74. The quantitative estimate of drug-likeness (QED) is 0.825. The van der Waals surface area contributed by atoms with Gasteiger partial charge in [0.15, 0.2) is 0 Å². The van der Waals surface area contributed by atoms with Gasteiger partial charge in [0.05, 0.1) is 6.42 Å². The van der Waals surface area contributed by atoms with Crippen molar-refractivity contribution in [3.8, 4) is 0 Å². The topological polar surface area (TPSA) is 63.3 Å². The lowest BCUT2D eigenvalue weighted by Crippen LogP contribution is -2.14. The van der Waals surface area contributed by atoms with Crippen LogP contribution in [0.15, 0.2) is 42.5 Å². The molecule has 3 N–H and O–H groups in total. The lowest BCUT2D eigenvalue weighted by atomic mass is 10.0. The van der Waals surface area contributed by atoms with Gasteiger partial charge < -0.3 is 10.8 Å². The van der Waals surface area contributed by atoms with Gasteiger partial charge in [-0.2, -0.15) is 0 Å². The first-order valence-corrected chi connectivity index (χ1v) is 5.13. The molecule has 0 saturated heterocycles. The summed E-state index contributed by atoms with van der Waals surface area (Å²) in [4.78, 5) is 10.6. The van der Waals surface area contributed by atoms with Gasteiger partial charge in [0, 0.05) is 6.04 Å². The molecule has 0 aromatic heterocycles. The normalized spacial score (nSPS) is 12.6. The summed E-state index contributed by atoms with van der Waals surface area (Å²) in [6.07, 6.45) is -0.0433. The van der Waals surface area contributed by atoms with Crippen LogP contribution in [-0.2, 0) is 4.79 Å². The van der Waals surface area contributed by atoms with Gasteiger partial charge in [-0.1, -0.05) is 36.4 Å². The van der Waals surface area contributed by atoms with Crippen LogP contribution in [0.1, 0.15) is 18.0 Å². The molecule has 3 nitrogen and oxygen atoms in total. The van der Waals surface area contributed by atoms with Crippen molar-refractivity contribution in [2.75, 3.05) is 0 Å². The van der Waals surface area contributed by atoms with Gasteiger partial charge in [-0.3, -0.25) is 4.79 Å². The Hall–Kier alpha value is -1.87. The Labute approximate surface area is 93.5 Å². The van der Waals surface area contributed by atoms with Gasteiger partial charge in [0.25, 0.3) is 0 Å². The number of nitrogens with two attached hydrogens (primary N) is 1. The number of hydrogen-bond acceptors (Lipinski definition) is 2. The number of fused-ring (bicyclic) bond motifs is 1. The summed E-state index contributed by atoms with van der Waals surface area (Å²) >= 11 is 0. The molecule has 0 amide bonds. The molecule has 0 unspecified atom stereocenters. The molecule has 0 bridgehead atoms. The summed E-state index contributed by atoms with van der Waals surface area (Å²) in [5.41, 5.74) is 6.67. The van der Waals surface area contributed by atoms with Crippen LogP contribution < -0.4 is 5.73 Å². The van der Waals surface area contributed by atoms with E-state index in [2.05, 4.69) is 0 Å². The minimum atomic E-state index is -0.874. The van der Waals surface area contributed by atoms with Crippen LogP contribution >= 0.6 is 0 Å². The third-order valence-corrected chi connectivity index (χ3v) is 2.60. The molecule has 1 atom stereocenters. The van der Waals surface area contributed by atoms with Crippen LogP contribution in [0.5, 0.6) is 0 Å². The molecule has 3 heteroatoms. The smallest absolute Gasteiger partial charge is 0.305 e. The van der Waals surface area contributed by atoms with Crippen LogP contribution in [0, 0.1) is 0 Å². The van der Waals surface area contributed by atoms with Crippen molar-refractivity contribution in [1.29, 1.82) is 0 Å². The van der Waals surface area contributed by atoms with E-state index in [0.717, 1.165) is 16.3 Å². The second kappa shape index (κ2) is 4.33. The van der Waals surface area contributed by atoms with E-state index >= 15 is 0 Å². The highest BCUT2D eigenvalue weighted by atomic mass is 16.4. The summed E-state index contributed by atoms with van der Waals surface area (Å²) in [5.74, 6) is -0.874. The second-order valence-electron chi connectivity index (χ2n) is 3.81. The highest BCUT2D eigenvalue weighted by molar-refractivity contribution is 5.83.